The largest absolute Gasteiger partial charge is 0.466 e. The first kappa shape index (κ1) is 17.4. The molecule has 138 valence electrons. The number of methoxy groups -OCH3 is 1. The van der Waals surface area contributed by atoms with Gasteiger partial charge < -0.3 is 4.74 Å². The van der Waals surface area contributed by atoms with E-state index in [2.05, 4.69) is 13.8 Å². The van der Waals surface area contributed by atoms with E-state index < -0.39 is 0 Å². The summed E-state index contributed by atoms with van der Waals surface area (Å²) in [5.74, 6) is 0.649. The number of Topliss-reactive ketones (excluding diaryl/α,β-unsaturated/α-hetero) is 1. The molecule has 4 aliphatic rings. The SMILES string of the molecule is COC(=O)/C=C1\CC[C@@H]2[C@H]3CCC4=CC(=O)C=C[C@@]4(C)[C@@H]3C(=O)C[C@]12C. The Labute approximate surface area is 154 Å². The maximum absolute atomic E-state index is 13.3. The van der Waals surface area contributed by atoms with Crippen molar-refractivity contribution in [2.24, 2.45) is 28.6 Å². The number of allylic oxidation sites excluding steroid dienone is 5. The predicted octanol–water partition coefficient (Wildman–Crippen LogP) is 3.57. The highest BCUT2D eigenvalue weighted by atomic mass is 16.5. The van der Waals surface area contributed by atoms with E-state index in [9.17, 15) is 14.4 Å². The van der Waals surface area contributed by atoms with Crippen molar-refractivity contribution in [2.45, 2.75) is 46.0 Å². The molecule has 4 nitrogen and oxygen atoms in total. The molecule has 4 aliphatic carbocycles. The molecule has 0 heterocycles. The van der Waals surface area contributed by atoms with E-state index in [-0.39, 0.29) is 34.3 Å². The number of ketones is 2. The minimum absolute atomic E-state index is 0.0354. The van der Waals surface area contributed by atoms with Crippen molar-refractivity contribution < 1.29 is 19.1 Å². The quantitative estimate of drug-likeness (QED) is 0.533. The third-order valence-corrected chi connectivity index (χ3v) is 7.60. The van der Waals surface area contributed by atoms with E-state index in [0.29, 0.717) is 18.3 Å². The Bertz CT molecular complexity index is 786. The van der Waals surface area contributed by atoms with Gasteiger partial charge in [0.2, 0.25) is 0 Å². The van der Waals surface area contributed by atoms with Gasteiger partial charge in [-0.3, -0.25) is 9.59 Å². The molecular weight excluding hydrogens is 328 g/mol. The molecule has 5 atom stereocenters. The molecule has 0 aromatic heterocycles. The Kier molecular flexibility index (Phi) is 3.87. The number of rotatable bonds is 1. The zero-order valence-electron chi connectivity index (χ0n) is 15.7. The fourth-order valence-corrected chi connectivity index (χ4v) is 6.32. The van der Waals surface area contributed by atoms with Gasteiger partial charge in [-0.1, -0.05) is 31.1 Å². The van der Waals surface area contributed by atoms with Crippen molar-refractivity contribution in [1.29, 1.82) is 0 Å². The highest BCUT2D eigenvalue weighted by Gasteiger charge is 2.60. The van der Waals surface area contributed by atoms with Gasteiger partial charge in [-0.25, -0.2) is 4.79 Å². The zero-order valence-corrected chi connectivity index (χ0v) is 15.7. The normalized spacial score (nSPS) is 42.8. The summed E-state index contributed by atoms with van der Waals surface area (Å²) in [6, 6.07) is 0. The van der Waals surface area contributed by atoms with Crippen molar-refractivity contribution >= 4 is 17.5 Å². The van der Waals surface area contributed by atoms with Crippen LogP contribution in [0, 0.1) is 28.6 Å². The number of hydrogen-bond donors (Lipinski definition) is 0. The zero-order chi connectivity index (χ0) is 18.7. The standard InChI is InChI=1S/C22H26O4/c1-21-9-8-15(23)10-13(21)4-6-16-17-7-5-14(11-19(25)26-3)22(17,2)12-18(24)20(16)21/h8-11,16-17,20H,4-7,12H2,1-3H3/b14-11+/t16-,17-,20+,21-,22-/m1/s1. The molecule has 0 aliphatic heterocycles. The Morgan fingerprint density at radius 3 is 2.73 bits per heavy atom. The van der Waals surface area contributed by atoms with Gasteiger partial charge in [-0.05, 0) is 55.1 Å². The van der Waals surface area contributed by atoms with Crippen LogP contribution in [0.4, 0.5) is 0 Å². The monoisotopic (exact) mass is 354 g/mol. The van der Waals surface area contributed by atoms with Gasteiger partial charge in [0.25, 0.3) is 0 Å². The summed E-state index contributed by atoms with van der Waals surface area (Å²) in [4.78, 5) is 36.9. The van der Waals surface area contributed by atoms with Crippen molar-refractivity contribution in [2.75, 3.05) is 7.11 Å². The molecule has 0 bridgehead atoms. The molecule has 3 fully saturated rings. The van der Waals surface area contributed by atoms with Crippen LogP contribution >= 0.6 is 0 Å². The molecule has 0 saturated heterocycles. The third-order valence-electron chi connectivity index (χ3n) is 7.60. The Morgan fingerprint density at radius 1 is 1.23 bits per heavy atom. The number of fused-ring (bicyclic) bond motifs is 5. The second-order valence-electron chi connectivity index (χ2n) is 8.77. The molecule has 0 spiro atoms. The molecular formula is C22H26O4. The third kappa shape index (κ3) is 2.30. The summed E-state index contributed by atoms with van der Waals surface area (Å²) in [7, 11) is 1.39. The summed E-state index contributed by atoms with van der Waals surface area (Å²) in [6.45, 7) is 4.28. The summed E-state index contributed by atoms with van der Waals surface area (Å²) < 4.78 is 4.82. The van der Waals surface area contributed by atoms with Crippen molar-refractivity contribution in [3.05, 3.63) is 35.5 Å². The van der Waals surface area contributed by atoms with E-state index in [4.69, 9.17) is 4.74 Å². The van der Waals surface area contributed by atoms with Gasteiger partial charge in [0, 0.05) is 23.8 Å². The fourth-order valence-electron chi connectivity index (χ4n) is 6.32. The van der Waals surface area contributed by atoms with Gasteiger partial charge in [0.15, 0.2) is 5.78 Å². The molecule has 0 N–H and O–H groups in total. The minimum Gasteiger partial charge on any atom is -0.466 e. The molecule has 0 aromatic carbocycles. The van der Waals surface area contributed by atoms with E-state index >= 15 is 0 Å². The minimum atomic E-state index is -0.329. The summed E-state index contributed by atoms with van der Waals surface area (Å²) >= 11 is 0. The van der Waals surface area contributed by atoms with Gasteiger partial charge in [-0.15, -0.1) is 0 Å². The first-order chi connectivity index (χ1) is 12.3. The molecule has 0 aromatic rings. The maximum atomic E-state index is 13.3. The van der Waals surface area contributed by atoms with E-state index in [1.54, 1.807) is 18.2 Å². The highest BCUT2D eigenvalue weighted by Crippen LogP contribution is 2.64. The van der Waals surface area contributed by atoms with Crippen LogP contribution in [0.25, 0.3) is 0 Å². The summed E-state index contributed by atoms with van der Waals surface area (Å²) in [5.41, 5.74) is 1.62. The smallest absolute Gasteiger partial charge is 0.330 e. The molecule has 26 heavy (non-hydrogen) atoms. The van der Waals surface area contributed by atoms with Crippen LogP contribution < -0.4 is 0 Å². The number of hydrogen-bond acceptors (Lipinski definition) is 4. The number of carbonyl (C=O) groups is 3. The van der Waals surface area contributed by atoms with Crippen LogP contribution in [0.2, 0.25) is 0 Å². The maximum Gasteiger partial charge on any atom is 0.330 e. The molecule has 0 unspecified atom stereocenters. The second kappa shape index (κ2) is 5.77. The highest BCUT2D eigenvalue weighted by molar-refractivity contribution is 6.01. The number of esters is 1. The van der Waals surface area contributed by atoms with Gasteiger partial charge >= 0.3 is 5.97 Å². The Morgan fingerprint density at radius 2 is 2.00 bits per heavy atom. The molecule has 4 rings (SSSR count). The van der Waals surface area contributed by atoms with Crippen molar-refractivity contribution in [1.82, 2.24) is 0 Å². The lowest BCUT2D eigenvalue weighted by Gasteiger charge is -2.55. The molecule has 4 heteroatoms. The van der Waals surface area contributed by atoms with Crippen molar-refractivity contribution in [3.8, 4) is 0 Å². The molecule has 0 radical (unpaired) electrons. The average molecular weight is 354 g/mol. The number of carbonyl (C=O) groups excluding carboxylic acids is 3. The van der Waals surface area contributed by atoms with Crippen LogP contribution in [0.1, 0.15) is 46.0 Å². The number of ether oxygens (including phenoxy) is 1. The van der Waals surface area contributed by atoms with Gasteiger partial charge in [0.05, 0.1) is 7.11 Å². The first-order valence-corrected chi connectivity index (χ1v) is 9.55. The lowest BCUT2D eigenvalue weighted by atomic mass is 9.48. The summed E-state index contributed by atoms with van der Waals surface area (Å²) in [5, 5.41) is 0. The Hall–Kier alpha value is -1.97. The Balaban J connectivity index is 1.72. The van der Waals surface area contributed by atoms with E-state index in [1.165, 1.54) is 7.11 Å². The first-order valence-electron chi connectivity index (χ1n) is 9.55. The lowest BCUT2D eigenvalue weighted by Crippen LogP contribution is -2.53. The lowest BCUT2D eigenvalue weighted by molar-refractivity contribution is -0.140. The van der Waals surface area contributed by atoms with Crippen LogP contribution in [0.3, 0.4) is 0 Å². The predicted molar refractivity (Wildman–Crippen MR) is 97.1 cm³/mol. The summed E-state index contributed by atoms with van der Waals surface area (Å²) in [6.07, 6.45) is 11.1. The molecule has 3 saturated carbocycles. The van der Waals surface area contributed by atoms with Gasteiger partial charge in [0.1, 0.15) is 5.78 Å². The van der Waals surface area contributed by atoms with Crippen LogP contribution in [0.15, 0.2) is 35.5 Å². The second-order valence-corrected chi connectivity index (χ2v) is 8.77. The van der Waals surface area contributed by atoms with Crippen LogP contribution in [0.5, 0.6) is 0 Å². The van der Waals surface area contributed by atoms with Crippen molar-refractivity contribution in [3.63, 3.8) is 0 Å². The van der Waals surface area contributed by atoms with Crippen LogP contribution in [-0.4, -0.2) is 24.6 Å². The molecule has 0 amide bonds. The van der Waals surface area contributed by atoms with E-state index in [0.717, 1.165) is 36.8 Å². The van der Waals surface area contributed by atoms with Crippen LogP contribution in [-0.2, 0) is 19.1 Å². The van der Waals surface area contributed by atoms with E-state index in [1.807, 2.05) is 6.08 Å². The van der Waals surface area contributed by atoms with Gasteiger partial charge in [-0.2, -0.15) is 0 Å². The fraction of sp³-hybridized carbons (Fsp3) is 0.591. The average Bonchev–Trinajstić information content (AvgIpc) is 2.91. The topological polar surface area (TPSA) is 60.4 Å².